The van der Waals surface area contributed by atoms with Crippen LogP contribution >= 0.6 is 0 Å². The van der Waals surface area contributed by atoms with Gasteiger partial charge in [-0.3, -0.25) is 9.59 Å². The Morgan fingerprint density at radius 2 is 1.14 bits per heavy atom. The van der Waals surface area contributed by atoms with Gasteiger partial charge in [-0.1, -0.05) is 36.5 Å². The summed E-state index contributed by atoms with van der Waals surface area (Å²) in [5.74, 6) is -3.47. The smallest absolute Gasteiger partial charge is 0.314 e. The van der Waals surface area contributed by atoms with Gasteiger partial charge in [0.05, 0.1) is 11.8 Å². The molecule has 0 bridgehead atoms. The Labute approximate surface area is 80.9 Å². The average molecular weight is 194 g/mol. The first-order chi connectivity index (χ1) is 6.61. The van der Waals surface area contributed by atoms with Crippen LogP contribution in [0, 0.1) is 11.8 Å². The van der Waals surface area contributed by atoms with Crippen molar-refractivity contribution >= 4 is 11.9 Å². The van der Waals surface area contributed by atoms with Gasteiger partial charge in [-0.05, 0) is 0 Å². The summed E-state index contributed by atoms with van der Waals surface area (Å²) in [6.45, 7) is 0. The Bertz CT molecular complexity index is 293. The molecule has 0 aromatic rings. The highest BCUT2D eigenvalue weighted by atomic mass is 16.4. The highest BCUT2D eigenvalue weighted by molar-refractivity contribution is 5.77. The molecule has 4 heteroatoms. The highest BCUT2D eigenvalue weighted by Gasteiger charge is 2.14. The molecular weight excluding hydrogens is 184 g/mol. The summed E-state index contributed by atoms with van der Waals surface area (Å²) >= 11 is 0. The minimum absolute atomic E-state index is 0.748. The maximum absolute atomic E-state index is 10.6. The van der Waals surface area contributed by atoms with Crippen LogP contribution in [-0.2, 0) is 9.59 Å². The first-order valence-electron chi connectivity index (χ1n) is 4.10. The van der Waals surface area contributed by atoms with Crippen molar-refractivity contribution in [3.05, 3.63) is 36.5 Å². The van der Waals surface area contributed by atoms with Crippen molar-refractivity contribution in [2.75, 3.05) is 0 Å². The Hall–Kier alpha value is -1.84. The van der Waals surface area contributed by atoms with Crippen molar-refractivity contribution in [3.8, 4) is 0 Å². The number of hydrogen-bond acceptors (Lipinski definition) is 2. The van der Waals surface area contributed by atoms with E-state index in [9.17, 15) is 9.59 Å². The van der Waals surface area contributed by atoms with Crippen LogP contribution in [0.2, 0.25) is 0 Å². The van der Waals surface area contributed by atoms with Gasteiger partial charge in [0.15, 0.2) is 0 Å². The number of carboxylic acids is 2. The third-order valence-corrected chi connectivity index (χ3v) is 1.84. The largest absolute Gasteiger partial charge is 0.481 e. The fraction of sp³-hybridized carbons (Fsp3) is 0.200. The van der Waals surface area contributed by atoms with E-state index in [-0.39, 0.29) is 0 Å². The summed E-state index contributed by atoms with van der Waals surface area (Å²) in [4.78, 5) is 21.2. The summed E-state index contributed by atoms with van der Waals surface area (Å²) in [6.07, 6.45) is 8.82. The van der Waals surface area contributed by atoms with E-state index in [1.807, 2.05) is 0 Å². The Morgan fingerprint density at radius 1 is 0.786 bits per heavy atom. The zero-order valence-electron chi connectivity index (χ0n) is 7.33. The van der Waals surface area contributed by atoms with E-state index < -0.39 is 23.8 Å². The Kier molecular flexibility index (Phi) is 3.23. The van der Waals surface area contributed by atoms with Crippen molar-refractivity contribution < 1.29 is 19.8 Å². The minimum atomic E-state index is -0.989. The van der Waals surface area contributed by atoms with Crippen LogP contribution in [0.5, 0.6) is 0 Å². The second-order valence-electron chi connectivity index (χ2n) is 2.88. The molecular formula is C10H10O4. The molecule has 2 N–H and O–H groups in total. The van der Waals surface area contributed by atoms with E-state index in [1.165, 1.54) is 36.5 Å². The van der Waals surface area contributed by atoms with Crippen LogP contribution in [-0.4, -0.2) is 22.2 Å². The number of hydrogen-bond donors (Lipinski definition) is 2. The summed E-state index contributed by atoms with van der Waals surface area (Å²) < 4.78 is 0. The highest BCUT2D eigenvalue weighted by Crippen LogP contribution is 2.10. The lowest BCUT2D eigenvalue weighted by Crippen LogP contribution is -2.12. The maximum atomic E-state index is 10.6. The molecule has 1 rings (SSSR count). The molecule has 0 radical (unpaired) electrons. The van der Waals surface area contributed by atoms with Gasteiger partial charge >= 0.3 is 11.9 Å². The molecule has 0 spiro atoms. The topological polar surface area (TPSA) is 74.6 Å². The fourth-order valence-corrected chi connectivity index (χ4v) is 1.06. The third-order valence-electron chi connectivity index (χ3n) is 1.84. The zero-order valence-corrected chi connectivity index (χ0v) is 7.33. The lowest BCUT2D eigenvalue weighted by molar-refractivity contribution is -0.140. The fourth-order valence-electron chi connectivity index (χ4n) is 1.06. The molecule has 0 aliphatic heterocycles. The van der Waals surface area contributed by atoms with Gasteiger partial charge in [0.25, 0.3) is 0 Å². The number of carbonyl (C=O) groups is 2. The second-order valence-corrected chi connectivity index (χ2v) is 2.88. The monoisotopic (exact) mass is 194 g/mol. The first kappa shape index (κ1) is 10.2. The molecule has 0 amide bonds. The van der Waals surface area contributed by atoms with E-state index in [2.05, 4.69) is 0 Å². The van der Waals surface area contributed by atoms with E-state index in [1.54, 1.807) is 0 Å². The van der Waals surface area contributed by atoms with Gasteiger partial charge in [-0.25, -0.2) is 0 Å². The van der Waals surface area contributed by atoms with E-state index in [0.717, 1.165) is 0 Å². The Balaban J connectivity index is 2.88. The van der Waals surface area contributed by atoms with E-state index in [4.69, 9.17) is 10.2 Å². The van der Waals surface area contributed by atoms with Crippen LogP contribution in [0.1, 0.15) is 0 Å². The maximum Gasteiger partial charge on any atom is 0.314 e. The second kappa shape index (κ2) is 4.41. The summed E-state index contributed by atoms with van der Waals surface area (Å²) in [5.41, 5.74) is 0. The lowest BCUT2D eigenvalue weighted by atomic mass is 10.0. The van der Waals surface area contributed by atoms with Crippen molar-refractivity contribution in [2.45, 2.75) is 0 Å². The summed E-state index contributed by atoms with van der Waals surface area (Å²) in [6, 6.07) is 0. The molecule has 0 saturated heterocycles. The van der Waals surface area contributed by atoms with Crippen molar-refractivity contribution in [3.63, 3.8) is 0 Å². The van der Waals surface area contributed by atoms with Crippen LogP contribution < -0.4 is 0 Å². The minimum Gasteiger partial charge on any atom is -0.481 e. The lowest BCUT2D eigenvalue weighted by Gasteiger charge is -2.05. The molecule has 4 nitrogen and oxygen atoms in total. The quantitative estimate of drug-likeness (QED) is 0.645. The summed E-state index contributed by atoms with van der Waals surface area (Å²) in [5, 5.41) is 17.4. The number of rotatable bonds is 2. The normalized spacial score (nSPS) is 25.4. The standard InChI is InChI=1S/C10H10O4/c11-9(12)7-3-1-2-4-8(6-5-7)10(13)14/h1-8H,(H,11,12)(H,13,14). The molecule has 2 unspecified atom stereocenters. The SMILES string of the molecule is O=C(O)C1C=CC=CC(C(=O)O)C=C1. The predicted octanol–water partition coefficient (Wildman–Crippen LogP) is 1.07. The van der Waals surface area contributed by atoms with Crippen LogP contribution in [0.4, 0.5) is 0 Å². The average Bonchev–Trinajstić information content (AvgIpc) is 2.01. The van der Waals surface area contributed by atoms with Gasteiger partial charge in [0.1, 0.15) is 0 Å². The predicted molar refractivity (Wildman–Crippen MR) is 49.7 cm³/mol. The molecule has 74 valence electrons. The van der Waals surface area contributed by atoms with Crippen LogP contribution in [0.25, 0.3) is 0 Å². The van der Waals surface area contributed by atoms with Gasteiger partial charge in [0, 0.05) is 0 Å². The molecule has 2 atom stereocenters. The van der Waals surface area contributed by atoms with Crippen LogP contribution in [0.3, 0.4) is 0 Å². The number of carboxylic acid groups (broad SMARTS) is 2. The van der Waals surface area contributed by atoms with Crippen molar-refractivity contribution in [1.29, 1.82) is 0 Å². The molecule has 1 aliphatic rings. The molecule has 0 aromatic carbocycles. The summed E-state index contributed by atoms with van der Waals surface area (Å²) in [7, 11) is 0. The molecule has 0 heterocycles. The third kappa shape index (κ3) is 2.58. The van der Waals surface area contributed by atoms with Crippen molar-refractivity contribution in [1.82, 2.24) is 0 Å². The molecule has 0 fully saturated rings. The van der Waals surface area contributed by atoms with Crippen molar-refractivity contribution in [2.24, 2.45) is 11.8 Å². The van der Waals surface area contributed by atoms with Crippen LogP contribution in [0.15, 0.2) is 36.5 Å². The molecule has 0 saturated carbocycles. The molecule has 14 heavy (non-hydrogen) atoms. The van der Waals surface area contributed by atoms with E-state index >= 15 is 0 Å². The molecule has 1 aliphatic carbocycles. The van der Waals surface area contributed by atoms with Gasteiger partial charge in [0.2, 0.25) is 0 Å². The van der Waals surface area contributed by atoms with E-state index in [0.29, 0.717) is 0 Å². The van der Waals surface area contributed by atoms with Gasteiger partial charge in [-0.2, -0.15) is 0 Å². The Morgan fingerprint density at radius 3 is 1.43 bits per heavy atom. The van der Waals surface area contributed by atoms with Gasteiger partial charge < -0.3 is 10.2 Å². The van der Waals surface area contributed by atoms with Gasteiger partial charge in [-0.15, -0.1) is 0 Å². The molecule has 0 aromatic heterocycles. The zero-order chi connectivity index (χ0) is 10.6. The first-order valence-corrected chi connectivity index (χ1v) is 4.10. The number of aliphatic carboxylic acids is 2. The number of allylic oxidation sites excluding steroid dienone is 2.